The van der Waals surface area contributed by atoms with Crippen LogP contribution >= 0.6 is 7.75 Å². The minimum absolute atomic E-state index is 0.0390. The smallest absolute Gasteiger partial charge is 0.434 e. The SMILES string of the molecule is [NH]P(=O)(OCCCCOC(=O)OC1CCCCC1)OCCCCOC(=O)OC1CCCCC1. The summed E-state index contributed by atoms with van der Waals surface area (Å²) in [6, 6.07) is 0. The van der Waals surface area contributed by atoms with E-state index in [0.29, 0.717) is 25.7 Å². The summed E-state index contributed by atoms with van der Waals surface area (Å²) in [4.78, 5) is 23.2. The number of rotatable bonds is 14. The summed E-state index contributed by atoms with van der Waals surface area (Å²) in [5.41, 5.74) is 7.61. The van der Waals surface area contributed by atoms with E-state index < -0.39 is 20.1 Å². The van der Waals surface area contributed by atoms with Crippen LogP contribution in [0.4, 0.5) is 9.59 Å². The van der Waals surface area contributed by atoms with Gasteiger partial charge in [0.25, 0.3) is 0 Å². The van der Waals surface area contributed by atoms with E-state index in [1.807, 2.05) is 0 Å². The van der Waals surface area contributed by atoms with Crippen molar-refractivity contribution < 1.29 is 42.1 Å². The number of hydrogen-bond donors (Lipinski definition) is 0. The summed E-state index contributed by atoms with van der Waals surface area (Å²) in [5.74, 6) is 0. The standard InChI is InChI=1S/C22H39NO9P/c23-33(26,29-17-9-7-15-27-21(24)31-19-11-3-1-4-12-19)30-18-10-8-16-28-22(25)32-20-13-5-2-6-14-20/h19-20,23H,1-18H2. The fraction of sp³-hybridized carbons (Fsp3) is 0.909. The molecule has 0 unspecified atom stereocenters. The van der Waals surface area contributed by atoms with Crippen LogP contribution in [0.3, 0.4) is 0 Å². The van der Waals surface area contributed by atoms with Gasteiger partial charge in [-0.3, -0.25) is 9.05 Å². The Morgan fingerprint density at radius 3 is 1.39 bits per heavy atom. The Kier molecular flexibility index (Phi) is 13.8. The average molecular weight is 493 g/mol. The molecule has 1 N–H and O–H groups in total. The van der Waals surface area contributed by atoms with Crippen molar-refractivity contribution >= 4 is 20.1 Å². The number of hydrogen-bond acceptors (Lipinski definition) is 9. The summed E-state index contributed by atoms with van der Waals surface area (Å²) in [7, 11) is -3.89. The van der Waals surface area contributed by atoms with Crippen LogP contribution in [0, 0.1) is 0 Å². The molecule has 1 radical (unpaired) electrons. The van der Waals surface area contributed by atoms with Gasteiger partial charge in [0.15, 0.2) is 0 Å². The van der Waals surface area contributed by atoms with Gasteiger partial charge >= 0.3 is 20.1 Å². The molecule has 2 aliphatic rings. The van der Waals surface area contributed by atoms with Crippen molar-refractivity contribution in [2.75, 3.05) is 26.4 Å². The lowest BCUT2D eigenvalue weighted by atomic mass is 9.98. The molecule has 0 atom stereocenters. The molecule has 0 heterocycles. The lowest BCUT2D eigenvalue weighted by molar-refractivity contribution is 0.00957. The van der Waals surface area contributed by atoms with Gasteiger partial charge in [-0.25, -0.2) is 14.2 Å². The highest BCUT2D eigenvalue weighted by atomic mass is 31.2. The van der Waals surface area contributed by atoms with E-state index in [4.69, 9.17) is 33.5 Å². The summed E-state index contributed by atoms with van der Waals surface area (Å²) in [5, 5.41) is 0. The molecule has 11 heteroatoms. The zero-order chi connectivity index (χ0) is 23.8. The van der Waals surface area contributed by atoms with Crippen molar-refractivity contribution in [2.45, 2.75) is 102 Å². The Morgan fingerprint density at radius 2 is 1.00 bits per heavy atom. The van der Waals surface area contributed by atoms with Crippen molar-refractivity contribution in [1.82, 2.24) is 5.50 Å². The third kappa shape index (κ3) is 13.8. The van der Waals surface area contributed by atoms with Crippen LogP contribution in [0.1, 0.15) is 89.9 Å². The van der Waals surface area contributed by atoms with Crippen LogP contribution in [-0.4, -0.2) is 50.9 Å². The molecule has 10 nitrogen and oxygen atoms in total. The third-order valence-electron chi connectivity index (χ3n) is 5.67. The molecule has 0 amide bonds. The zero-order valence-corrected chi connectivity index (χ0v) is 20.4. The van der Waals surface area contributed by atoms with Gasteiger partial charge in [-0.15, -0.1) is 5.50 Å². The first-order valence-electron chi connectivity index (χ1n) is 12.3. The minimum Gasteiger partial charge on any atom is -0.434 e. The van der Waals surface area contributed by atoms with Crippen LogP contribution < -0.4 is 5.50 Å². The van der Waals surface area contributed by atoms with Crippen LogP contribution in [0.2, 0.25) is 0 Å². The molecular formula is C22H39NO9P. The normalized spacial score (nSPS) is 18.0. The highest BCUT2D eigenvalue weighted by Gasteiger charge is 2.21. The molecule has 2 rings (SSSR count). The van der Waals surface area contributed by atoms with Crippen molar-refractivity contribution in [3.63, 3.8) is 0 Å². The van der Waals surface area contributed by atoms with E-state index in [1.165, 1.54) is 12.8 Å². The van der Waals surface area contributed by atoms with Crippen LogP contribution in [0.15, 0.2) is 0 Å². The van der Waals surface area contributed by atoms with Crippen LogP contribution in [-0.2, 0) is 32.6 Å². The fourth-order valence-corrected chi connectivity index (χ4v) is 4.65. The summed E-state index contributed by atoms with van der Waals surface area (Å²) in [6.45, 7) is 0.498. The van der Waals surface area contributed by atoms with Crippen LogP contribution in [0.25, 0.3) is 0 Å². The number of nitrogens with one attached hydrogen (secondary N) is 1. The van der Waals surface area contributed by atoms with Gasteiger partial charge in [-0.1, -0.05) is 12.8 Å². The third-order valence-corrected chi connectivity index (χ3v) is 6.71. The molecule has 0 spiro atoms. The second kappa shape index (κ2) is 16.3. The number of unbranched alkanes of at least 4 members (excludes halogenated alkanes) is 2. The van der Waals surface area contributed by atoms with E-state index in [-0.39, 0.29) is 38.6 Å². The summed E-state index contributed by atoms with van der Waals surface area (Å²) in [6.07, 6.45) is 10.8. The molecule has 0 aromatic heterocycles. The maximum atomic E-state index is 11.9. The van der Waals surface area contributed by atoms with E-state index in [0.717, 1.165) is 51.4 Å². The molecule has 0 saturated heterocycles. The Morgan fingerprint density at radius 1 is 0.636 bits per heavy atom. The largest absolute Gasteiger partial charge is 0.508 e. The molecule has 2 aliphatic carbocycles. The monoisotopic (exact) mass is 492 g/mol. The van der Waals surface area contributed by atoms with Gasteiger partial charge in [0.2, 0.25) is 0 Å². The molecule has 2 fully saturated rings. The number of carbonyl (C=O) groups excluding carboxylic acids is 2. The molecule has 33 heavy (non-hydrogen) atoms. The lowest BCUT2D eigenvalue weighted by Gasteiger charge is -2.21. The summed E-state index contributed by atoms with van der Waals surface area (Å²) < 4.78 is 42.5. The Hall–Kier alpha value is -1.35. The van der Waals surface area contributed by atoms with Crippen LogP contribution in [0.5, 0.6) is 0 Å². The van der Waals surface area contributed by atoms with Crippen molar-refractivity contribution in [1.29, 1.82) is 0 Å². The van der Waals surface area contributed by atoms with Gasteiger partial charge in [0.1, 0.15) is 12.2 Å². The fourth-order valence-electron chi connectivity index (χ4n) is 3.83. The second-order valence-electron chi connectivity index (χ2n) is 8.53. The van der Waals surface area contributed by atoms with E-state index in [2.05, 4.69) is 0 Å². The molecule has 0 aliphatic heterocycles. The molecule has 191 valence electrons. The Labute approximate surface area is 196 Å². The lowest BCUT2D eigenvalue weighted by Crippen LogP contribution is -2.21. The second-order valence-corrected chi connectivity index (χ2v) is 10.0. The van der Waals surface area contributed by atoms with Gasteiger partial charge in [0.05, 0.1) is 26.4 Å². The van der Waals surface area contributed by atoms with E-state index in [9.17, 15) is 14.2 Å². The highest BCUT2D eigenvalue weighted by Crippen LogP contribution is 2.42. The number of ether oxygens (including phenoxy) is 4. The van der Waals surface area contributed by atoms with E-state index in [1.54, 1.807) is 0 Å². The molecule has 2 saturated carbocycles. The predicted octanol–water partition coefficient (Wildman–Crippen LogP) is 5.94. The first-order chi connectivity index (χ1) is 15.9. The molecule has 0 aromatic rings. The summed E-state index contributed by atoms with van der Waals surface area (Å²) >= 11 is 0. The molecule has 0 bridgehead atoms. The number of carbonyl (C=O) groups is 2. The topological polar surface area (TPSA) is 130 Å². The van der Waals surface area contributed by atoms with E-state index >= 15 is 0 Å². The quantitative estimate of drug-likeness (QED) is 0.164. The maximum absolute atomic E-state index is 11.9. The zero-order valence-electron chi connectivity index (χ0n) is 19.5. The minimum atomic E-state index is -3.89. The highest BCUT2D eigenvalue weighted by molar-refractivity contribution is 7.50. The van der Waals surface area contributed by atoms with Crippen molar-refractivity contribution in [3.8, 4) is 0 Å². The maximum Gasteiger partial charge on any atom is 0.508 e. The van der Waals surface area contributed by atoms with Gasteiger partial charge in [-0.2, -0.15) is 0 Å². The van der Waals surface area contributed by atoms with Crippen molar-refractivity contribution in [3.05, 3.63) is 0 Å². The first-order valence-corrected chi connectivity index (χ1v) is 13.8. The van der Waals surface area contributed by atoms with Gasteiger partial charge in [0, 0.05) is 0 Å². The predicted molar refractivity (Wildman–Crippen MR) is 120 cm³/mol. The average Bonchev–Trinajstić information content (AvgIpc) is 2.80. The molecule has 0 aromatic carbocycles. The van der Waals surface area contributed by atoms with Crippen molar-refractivity contribution in [2.24, 2.45) is 0 Å². The van der Waals surface area contributed by atoms with Gasteiger partial charge in [-0.05, 0) is 77.0 Å². The Balaban J connectivity index is 1.39. The Bertz CT molecular complexity index is 559. The first kappa shape index (κ1) is 27.9. The molecular weight excluding hydrogens is 453 g/mol. The van der Waals surface area contributed by atoms with Gasteiger partial charge < -0.3 is 18.9 Å².